The van der Waals surface area contributed by atoms with Gasteiger partial charge in [0, 0.05) is 11.9 Å². The number of carbonyl (C=O) groups excluding carboxylic acids is 1. The molecule has 0 bridgehead atoms. The molecular formula is C18H16FN3O. The van der Waals surface area contributed by atoms with Gasteiger partial charge in [0.2, 0.25) is 0 Å². The molecule has 23 heavy (non-hydrogen) atoms. The zero-order valence-corrected chi connectivity index (χ0v) is 12.9. The predicted octanol–water partition coefficient (Wildman–Crippen LogP) is 3.88. The molecule has 5 heteroatoms. The van der Waals surface area contributed by atoms with Crippen molar-refractivity contribution in [3.63, 3.8) is 0 Å². The van der Waals surface area contributed by atoms with Crippen LogP contribution in [0.3, 0.4) is 0 Å². The molecule has 3 aromatic rings. The van der Waals surface area contributed by atoms with Crippen molar-refractivity contribution >= 4 is 11.6 Å². The lowest BCUT2D eigenvalue weighted by atomic mass is 10.1. The first-order valence-corrected chi connectivity index (χ1v) is 7.23. The van der Waals surface area contributed by atoms with Crippen molar-refractivity contribution in [1.82, 2.24) is 9.78 Å². The Balaban J connectivity index is 1.83. The maximum Gasteiger partial charge on any atom is 0.276 e. The van der Waals surface area contributed by atoms with Crippen LogP contribution in [0.5, 0.6) is 0 Å². The van der Waals surface area contributed by atoms with Crippen LogP contribution in [-0.4, -0.2) is 15.7 Å². The van der Waals surface area contributed by atoms with Gasteiger partial charge in [-0.25, -0.2) is 9.07 Å². The molecule has 0 saturated carbocycles. The average Bonchev–Trinajstić information content (AvgIpc) is 2.96. The monoisotopic (exact) mass is 309 g/mol. The van der Waals surface area contributed by atoms with E-state index in [4.69, 9.17) is 0 Å². The maximum absolute atomic E-state index is 13.8. The zero-order valence-electron chi connectivity index (χ0n) is 12.9. The topological polar surface area (TPSA) is 46.9 Å². The molecule has 0 aliphatic rings. The third-order valence-electron chi connectivity index (χ3n) is 3.40. The first kappa shape index (κ1) is 15.0. The zero-order chi connectivity index (χ0) is 16.4. The van der Waals surface area contributed by atoms with Crippen molar-refractivity contribution in [2.45, 2.75) is 13.8 Å². The highest BCUT2D eigenvalue weighted by Gasteiger charge is 2.12. The molecule has 1 heterocycles. The molecule has 0 fully saturated rings. The van der Waals surface area contributed by atoms with Gasteiger partial charge in [-0.15, -0.1) is 0 Å². The van der Waals surface area contributed by atoms with Gasteiger partial charge < -0.3 is 5.32 Å². The number of nitrogens with zero attached hydrogens (tertiary/aromatic N) is 2. The quantitative estimate of drug-likeness (QED) is 0.798. The molecule has 1 aromatic heterocycles. The smallest absolute Gasteiger partial charge is 0.276 e. The molecule has 4 nitrogen and oxygen atoms in total. The van der Waals surface area contributed by atoms with Crippen LogP contribution < -0.4 is 5.32 Å². The van der Waals surface area contributed by atoms with E-state index in [1.165, 1.54) is 10.7 Å². The summed E-state index contributed by atoms with van der Waals surface area (Å²) in [5.41, 5.74) is 3.38. The van der Waals surface area contributed by atoms with Crippen LogP contribution in [-0.2, 0) is 0 Å². The van der Waals surface area contributed by atoms with Crippen molar-refractivity contribution in [2.75, 3.05) is 5.32 Å². The van der Waals surface area contributed by atoms with Gasteiger partial charge >= 0.3 is 0 Å². The predicted molar refractivity (Wildman–Crippen MR) is 87.4 cm³/mol. The van der Waals surface area contributed by atoms with E-state index in [1.807, 2.05) is 32.0 Å². The highest BCUT2D eigenvalue weighted by molar-refractivity contribution is 6.02. The Morgan fingerprint density at radius 2 is 1.78 bits per heavy atom. The molecule has 0 aliphatic carbocycles. The summed E-state index contributed by atoms with van der Waals surface area (Å²) in [6.45, 7) is 3.94. The van der Waals surface area contributed by atoms with Gasteiger partial charge in [-0.1, -0.05) is 18.2 Å². The summed E-state index contributed by atoms with van der Waals surface area (Å²) in [7, 11) is 0. The van der Waals surface area contributed by atoms with Crippen molar-refractivity contribution < 1.29 is 9.18 Å². The number of aromatic nitrogens is 2. The lowest BCUT2D eigenvalue weighted by Crippen LogP contribution is -2.13. The number of anilines is 1. The molecule has 0 saturated heterocycles. The molecule has 0 atom stereocenters. The Hall–Kier alpha value is -2.95. The number of aryl methyl sites for hydroxylation is 2. The van der Waals surface area contributed by atoms with Crippen LogP contribution in [0.2, 0.25) is 0 Å². The molecule has 3 rings (SSSR count). The molecule has 2 aromatic carbocycles. The number of nitrogens with one attached hydrogen (secondary N) is 1. The largest absolute Gasteiger partial charge is 0.321 e. The van der Waals surface area contributed by atoms with Gasteiger partial charge in [0.15, 0.2) is 5.69 Å². The van der Waals surface area contributed by atoms with E-state index in [2.05, 4.69) is 10.4 Å². The average molecular weight is 309 g/mol. The van der Waals surface area contributed by atoms with Gasteiger partial charge in [0.05, 0.1) is 0 Å². The molecule has 0 unspecified atom stereocenters. The van der Waals surface area contributed by atoms with Crippen LogP contribution in [0.1, 0.15) is 21.6 Å². The summed E-state index contributed by atoms with van der Waals surface area (Å²) in [6.07, 6.45) is 1.56. The Labute approximate surface area is 133 Å². The minimum atomic E-state index is -0.392. The molecule has 1 amide bonds. The fraction of sp³-hybridized carbons (Fsp3) is 0.111. The normalized spacial score (nSPS) is 10.6. The number of benzene rings is 2. The van der Waals surface area contributed by atoms with E-state index in [0.29, 0.717) is 11.4 Å². The molecule has 116 valence electrons. The summed E-state index contributed by atoms with van der Waals surface area (Å²) < 4.78 is 15.1. The van der Waals surface area contributed by atoms with Crippen LogP contribution in [0.25, 0.3) is 5.69 Å². The van der Waals surface area contributed by atoms with Crippen LogP contribution in [0.4, 0.5) is 10.1 Å². The fourth-order valence-electron chi connectivity index (χ4n) is 2.46. The summed E-state index contributed by atoms with van der Waals surface area (Å²) in [4.78, 5) is 12.3. The van der Waals surface area contributed by atoms with E-state index in [0.717, 1.165) is 11.1 Å². The summed E-state index contributed by atoms with van der Waals surface area (Å²) in [5.74, 6) is -0.720. The first-order valence-electron chi connectivity index (χ1n) is 7.23. The Bertz CT molecular complexity index is 850. The summed E-state index contributed by atoms with van der Waals surface area (Å²) in [6, 6.07) is 13.6. The Morgan fingerprint density at radius 3 is 2.48 bits per heavy atom. The molecule has 1 N–H and O–H groups in total. The highest BCUT2D eigenvalue weighted by atomic mass is 19.1. The van der Waals surface area contributed by atoms with Gasteiger partial charge in [0.1, 0.15) is 11.5 Å². The number of hydrogen-bond donors (Lipinski definition) is 1. The van der Waals surface area contributed by atoms with E-state index >= 15 is 0 Å². The number of halogens is 1. The van der Waals surface area contributed by atoms with E-state index in [9.17, 15) is 9.18 Å². The SMILES string of the molecule is Cc1cc(C)cc(NC(=O)c2ccn(-c3ccccc3F)n2)c1. The van der Waals surface area contributed by atoms with Gasteiger partial charge in [0.25, 0.3) is 5.91 Å². The minimum Gasteiger partial charge on any atom is -0.321 e. The lowest BCUT2D eigenvalue weighted by Gasteiger charge is -2.06. The van der Waals surface area contributed by atoms with Crippen LogP contribution >= 0.6 is 0 Å². The van der Waals surface area contributed by atoms with Crippen molar-refractivity contribution in [3.05, 3.63) is 77.4 Å². The second-order valence-electron chi connectivity index (χ2n) is 5.43. The number of para-hydroxylation sites is 1. The third-order valence-corrected chi connectivity index (χ3v) is 3.40. The highest BCUT2D eigenvalue weighted by Crippen LogP contribution is 2.16. The molecule has 0 aliphatic heterocycles. The van der Waals surface area contributed by atoms with Crippen molar-refractivity contribution in [3.8, 4) is 5.69 Å². The van der Waals surface area contributed by atoms with E-state index in [1.54, 1.807) is 30.5 Å². The fourth-order valence-corrected chi connectivity index (χ4v) is 2.46. The van der Waals surface area contributed by atoms with Crippen molar-refractivity contribution in [1.29, 1.82) is 0 Å². The molecule has 0 radical (unpaired) electrons. The van der Waals surface area contributed by atoms with E-state index in [-0.39, 0.29) is 11.6 Å². The Kier molecular flexibility index (Phi) is 3.93. The third kappa shape index (κ3) is 3.29. The molecular weight excluding hydrogens is 293 g/mol. The van der Waals surface area contributed by atoms with Crippen LogP contribution in [0.15, 0.2) is 54.7 Å². The van der Waals surface area contributed by atoms with Gasteiger partial charge in [-0.05, 0) is 55.3 Å². The molecule has 0 spiro atoms. The minimum absolute atomic E-state index is 0.229. The van der Waals surface area contributed by atoms with Gasteiger partial charge in [-0.2, -0.15) is 5.10 Å². The second-order valence-corrected chi connectivity index (χ2v) is 5.43. The standard InChI is InChI=1S/C18H16FN3O/c1-12-9-13(2)11-14(10-12)20-18(23)16-7-8-22(21-16)17-6-4-3-5-15(17)19/h3-11H,1-2H3,(H,20,23). The maximum atomic E-state index is 13.8. The Morgan fingerprint density at radius 1 is 1.09 bits per heavy atom. The second kappa shape index (κ2) is 6.04. The summed E-state index contributed by atoms with van der Waals surface area (Å²) >= 11 is 0. The lowest BCUT2D eigenvalue weighted by molar-refractivity contribution is 0.102. The van der Waals surface area contributed by atoms with Gasteiger partial charge in [-0.3, -0.25) is 4.79 Å². The number of rotatable bonds is 3. The number of amides is 1. The van der Waals surface area contributed by atoms with Crippen molar-refractivity contribution in [2.24, 2.45) is 0 Å². The number of carbonyl (C=O) groups is 1. The van der Waals surface area contributed by atoms with Crippen LogP contribution in [0, 0.1) is 19.7 Å². The number of hydrogen-bond acceptors (Lipinski definition) is 2. The van der Waals surface area contributed by atoms with E-state index < -0.39 is 5.82 Å². The summed E-state index contributed by atoms with van der Waals surface area (Å²) in [5, 5.41) is 6.96. The first-order chi connectivity index (χ1) is 11.0.